The van der Waals surface area contributed by atoms with Crippen LogP contribution in [0, 0.1) is 0 Å². The molecule has 0 aromatic heterocycles. The summed E-state index contributed by atoms with van der Waals surface area (Å²) in [7, 11) is -3.68. The van der Waals surface area contributed by atoms with E-state index in [0.717, 1.165) is 38.8 Å². The first kappa shape index (κ1) is 37.5. The topological polar surface area (TPSA) is 154 Å². The molecule has 0 atom stereocenters. The van der Waals surface area contributed by atoms with Crippen LogP contribution in [-0.4, -0.2) is 58.9 Å². The van der Waals surface area contributed by atoms with Crippen molar-refractivity contribution in [2.75, 3.05) is 39.4 Å². The van der Waals surface area contributed by atoms with Crippen LogP contribution in [0.4, 0.5) is 0 Å². The van der Waals surface area contributed by atoms with Crippen LogP contribution in [0.1, 0.15) is 97.8 Å². The summed E-state index contributed by atoms with van der Waals surface area (Å²) >= 11 is 0. The quantitative estimate of drug-likeness (QED) is 0.131. The van der Waals surface area contributed by atoms with E-state index in [2.05, 4.69) is 32.8 Å². The van der Waals surface area contributed by atoms with Gasteiger partial charge < -0.3 is 21.9 Å². The van der Waals surface area contributed by atoms with E-state index in [4.69, 9.17) is 16.6 Å². The molecule has 0 aliphatic heterocycles. The molecule has 0 fully saturated rings. The SMILES string of the molecule is CCCCCCC/C=C/CCCCCCC(=O)O.CCOS(=O)(=O)OCC.NCCNCCN. The van der Waals surface area contributed by atoms with Gasteiger partial charge in [0.25, 0.3) is 0 Å². The highest BCUT2D eigenvalue weighted by Crippen LogP contribution is 2.08. The van der Waals surface area contributed by atoms with E-state index in [1.165, 1.54) is 44.9 Å². The van der Waals surface area contributed by atoms with Gasteiger partial charge in [0.15, 0.2) is 0 Å². The van der Waals surface area contributed by atoms with Crippen LogP contribution in [0.3, 0.4) is 0 Å². The molecule has 0 spiro atoms. The fourth-order valence-corrected chi connectivity index (χ4v) is 3.29. The van der Waals surface area contributed by atoms with E-state index in [-0.39, 0.29) is 13.2 Å². The first-order chi connectivity index (χ1) is 16.3. The maximum absolute atomic E-state index is 10.4. The number of hydrogen-bond acceptors (Lipinski definition) is 8. The third-order valence-electron chi connectivity index (χ3n) is 4.32. The van der Waals surface area contributed by atoms with E-state index in [9.17, 15) is 13.2 Å². The van der Waals surface area contributed by atoms with Gasteiger partial charge in [-0.25, -0.2) is 8.37 Å². The molecule has 0 aromatic rings. The normalized spacial score (nSPS) is 11.0. The molecule has 0 radical (unpaired) electrons. The van der Waals surface area contributed by atoms with E-state index in [1.54, 1.807) is 13.8 Å². The molecule has 0 rings (SSSR count). The highest BCUT2D eigenvalue weighted by Gasteiger charge is 2.06. The van der Waals surface area contributed by atoms with Gasteiger partial charge >= 0.3 is 16.4 Å². The molecule has 0 saturated carbocycles. The molecule has 0 aromatic carbocycles. The number of carbonyl (C=O) groups is 1. The van der Waals surface area contributed by atoms with Crippen molar-refractivity contribution in [2.24, 2.45) is 11.5 Å². The Morgan fingerprint density at radius 3 is 1.62 bits per heavy atom. The smallest absolute Gasteiger partial charge is 0.399 e. The van der Waals surface area contributed by atoms with E-state index in [0.29, 0.717) is 19.5 Å². The van der Waals surface area contributed by atoms with Crippen LogP contribution < -0.4 is 16.8 Å². The number of aliphatic carboxylic acids is 1. The van der Waals surface area contributed by atoms with Crippen LogP contribution in [0.15, 0.2) is 12.2 Å². The summed E-state index contributed by atoms with van der Waals surface area (Å²) in [5.41, 5.74) is 10.3. The Morgan fingerprint density at radius 2 is 1.24 bits per heavy atom. The molecule has 10 heteroatoms. The second kappa shape index (κ2) is 32.0. The lowest BCUT2D eigenvalue weighted by Gasteiger charge is -1.99. The molecule has 206 valence electrons. The number of nitrogens with two attached hydrogens (primary N) is 2. The molecule has 0 bridgehead atoms. The molecule has 0 heterocycles. The van der Waals surface area contributed by atoms with Gasteiger partial charge in [0.1, 0.15) is 0 Å². The number of unbranched alkanes of at least 4 members (excludes halogenated alkanes) is 9. The zero-order valence-corrected chi connectivity index (χ0v) is 22.8. The van der Waals surface area contributed by atoms with Crippen LogP contribution in [-0.2, 0) is 23.6 Å². The molecule has 6 N–H and O–H groups in total. The summed E-state index contributed by atoms with van der Waals surface area (Å²) in [5.74, 6) is -0.669. The van der Waals surface area contributed by atoms with Crippen molar-refractivity contribution in [2.45, 2.75) is 97.8 Å². The second-order valence-electron chi connectivity index (χ2n) is 7.57. The monoisotopic (exact) mass is 511 g/mol. The van der Waals surface area contributed by atoms with E-state index >= 15 is 0 Å². The van der Waals surface area contributed by atoms with E-state index < -0.39 is 16.4 Å². The van der Waals surface area contributed by atoms with E-state index in [1.807, 2.05) is 0 Å². The molecule has 9 nitrogen and oxygen atoms in total. The highest BCUT2D eigenvalue weighted by molar-refractivity contribution is 7.81. The van der Waals surface area contributed by atoms with Crippen LogP contribution in [0.25, 0.3) is 0 Å². The average molecular weight is 512 g/mol. The minimum Gasteiger partial charge on any atom is -0.481 e. The zero-order valence-electron chi connectivity index (χ0n) is 21.9. The van der Waals surface area contributed by atoms with Gasteiger partial charge in [-0.3, -0.25) is 4.79 Å². The lowest BCUT2D eigenvalue weighted by molar-refractivity contribution is -0.137. The number of carboxylic acids is 1. The van der Waals surface area contributed by atoms with Gasteiger partial charge in [0.05, 0.1) is 13.2 Å². The summed E-state index contributed by atoms with van der Waals surface area (Å²) in [5, 5.41) is 11.5. The first-order valence-corrected chi connectivity index (χ1v) is 14.2. The Balaban J connectivity index is -0.000000497. The minimum atomic E-state index is -3.68. The summed E-state index contributed by atoms with van der Waals surface area (Å²) < 4.78 is 29.2. The average Bonchev–Trinajstić information content (AvgIpc) is 2.78. The van der Waals surface area contributed by atoms with Crippen molar-refractivity contribution in [1.29, 1.82) is 0 Å². The first-order valence-electron chi connectivity index (χ1n) is 12.8. The molecular weight excluding hydrogens is 458 g/mol. The summed E-state index contributed by atoms with van der Waals surface area (Å²) in [6, 6.07) is 0. The largest absolute Gasteiger partial charge is 0.481 e. The lowest BCUT2D eigenvalue weighted by atomic mass is 10.1. The molecule has 0 saturated heterocycles. The van der Waals surface area contributed by atoms with Gasteiger partial charge in [0.2, 0.25) is 0 Å². The van der Waals surface area contributed by atoms with Gasteiger partial charge in [-0.1, -0.05) is 57.6 Å². The van der Waals surface area contributed by atoms with Crippen molar-refractivity contribution < 1.29 is 26.7 Å². The Bertz CT molecular complexity index is 515. The van der Waals surface area contributed by atoms with Crippen molar-refractivity contribution in [3.8, 4) is 0 Å². The highest BCUT2D eigenvalue weighted by atomic mass is 32.3. The molecule has 0 amide bonds. The van der Waals surface area contributed by atoms with Crippen LogP contribution >= 0.6 is 0 Å². The van der Waals surface area contributed by atoms with Gasteiger partial charge in [-0.15, -0.1) is 0 Å². The fraction of sp³-hybridized carbons (Fsp3) is 0.875. The third kappa shape index (κ3) is 41.2. The molecule has 0 aliphatic rings. The fourth-order valence-electron chi connectivity index (χ4n) is 2.65. The summed E-state index contributed by atoms with van der Waals surface area (Å²) in [4.78, 5) is 10.3. The van der Waals surface area contributed by atoms with Crippen molar-refractivity contribution >= 4 is 16.4 Å². The maximum Gasteiger partial charge on any atom is 0.399 e. The molecule has 0 unspecified atom stereocenters. The van der Waals surface area contributed by atoms with Crippen LogP contribution in [0.5, 0.6) is 0 Å². The zero-order chi connectivity index (χ0) is 26.3. The Morgan fingerprint density at radius 1 is 0.794 bits per heavy atom. The van der Waals surface area contributed by atoms with Crippen molar-refractivity contribution in [1.82, 2.24) is 5.32 Å². The molecule has 34 heavy (non-hydrogen) atoms. The Labute approximate surface area is 209 Å². The van der Waals surface area contributed by atoms with Crippen LogP contribution in [0.2, 0.25) is 0 Å². The number of hydrogen-bond donors (Lipinski definition) is 4. The van der Waals surface area contributed by atoms with Gasteiger partial charge in [-0.05, 0) is 46.0 Å². The maximum atomic E-state index is 10.4. The third-order valence-corrected chi connectivity index (χ3v) is 5.37. The van der Waals surface area contributed by atoms with Gasteiger partial charge in [-0.2, -0.15) is 8.42 Å². The van der Waals surface area contributed by atoms with Crippen molar-refractivity contribution in [3.63, 3.8) is 0 Å². The standard InChI is InChI=1S/C16H30O2.C4H13N3.C4H10O4S/c1-2-3-4-5-6-7-8-9-10-11-12-13-14-15-16(17)18;5-1-3-7-4-2-6;1-3-7-9(5,6)8-4-2/h8-9H,2-7,10-15H2,1H3,(H,17,18);7H,1-6H2;3-4H2,1-2H3/b9-8+;;. The lowest BCUT2D eigenvalue weighted by Crippen LogP contribution is -2.27. The van der Waals surface area contributed by atoms with Gasteiger partial charge in [0, 0.05) is 32.6 Å². The Hall–Kier alpha value is -1.04. The second-order valence-corrected chi connectivity index (χ2v) is 8.86. The number of rotatable bonds is 21. The number of carboxylic acid groups (broad SMARTS) is 1. The summed E-state index contributed by atoms with van der Waals surface area (Å²) in [6.45, 7) is 8.77. The predicted octanol–water partition coefficient (Wildman–Crippen LogP) is 4.13. The number of nitrogens with one attached hydrogen (secondary N) is 1. The molecule has 0 aliphatic carbocycles. The number of allylic oxidation sites excluding steroid dienone is 2. The predicted molar refractivity (Wildman–Crippen MR) is 141 cm³/mol. The minimum absolute atomic E-state index is 0.113. The molecular formula is C24H53N3O6S. The summed E-state index contributed by atoms with van der Waals surface area (Å²) in [6.07, 6.45) is 18.3. The Kier molecular flexibility index (Phi) is 35.3. The van der Waals surface area contributed by atoms with Crippen molar-refractivity contribution in [3.05, 3.63) is 12.2 Å².